The molecule has 0 spiro atoms. The first-order valence-corrected chi connectivity index (χ1v) is 6.92. The number of benzene rings is 1. The van der Waals surface area contributed by atoms with Gasteiger partial charge in [-0.15, -0.1) is 0 Å². The highest BCUT2D eigenvalue weighted by Gasteiger charge is 2.15. The standard InChI is InChI=1S/C15H23FN2O2/c1-4-12(10-18-15(19)11(2)9-17-3)20-14-8-6-5-7-13(14)16/h5-8,11-12,17H,4,9-10H2,1-3H3,(H,18,19). The lowest BCUT2D eigenvalue weighted by molar-refractivity contribution is -0.124. The number of carbonyl (C=O) groups excluding carboxylic acids is 1. The van der Waals surface area contributed by atoms with E-state index in [1.807, 2.05) is 13.8 Å². The topological polar surface area (TPSA) is 50.4 Å². The molecule has 0 aliphatic carbocycles. The molecule has 4 nitrogen and oxygen atoms in total. The zero-order valence-corrected chi connectivity index (χ0v) is 12.3. The fourth-order valence-corrected chi connectivity index (χ4v) is 1.78. The minimum atomic E-state index is -0.388. The van der Waals surface area contributed by atoms with Crippen molar-refractivity contribution >= 4 is 5.91 Å². The smallest absolute Gasteiger partial charge is 0.224 e. The van der Waals surface area contributed by atoms with E-state index in [1.165, 1.54) is 6.07 Å². The van der Waals surface area contributed by atoms with Gasteiger partial charge < -0.3 is 15.4 Å². The molecule has 0 radical (unpaired) electrons. The van der Waals surface area contributed by atoms with Gasteiger partial charge in [-0.1, -0.05) is 26.0 Å². The Morgan fingerprint density at radius 2 is 2.05 bits per heavy atom. The SMILES string of the molecule is CCC(CNC(=O)C(C)CNC)Oc1ccccc1F. The summed E-state index contributed by atoms with van der Waals surface area (Å²) in [6, 6.07) is 6.28. The Bertz CT molecular complexity index is 426. The Labute approximate surface area is 119 Å². The van der Waals surface area contributed by atoms with E-state index in [1.54, 1.807) is 25.2 Å². The third kappa shape index (κ3) is 5.17. The number of para-hydroxylation sites is 1. The normalized spacial score (nSPS) is 13.6. The minimum absolute atomic E-state index is 0.0325. The Hall–Kier alpha value is -1.62. The average Bonchev–Trinajstić information content (AvgIpc) is 2.45. The summed E-state index contributed by atoms with van der Waals surface area (Å²) in [5.74, 6) is -0.307. The number of hydrogen-bond acceptors (Lipinski definition) is 3. The summed E-state index contributed by atoms with van der Waals surface area (Å²) in [5, 5.41) is 5.79. The fraction of sp³-hybridized carbons (Fsp3) is 0.533. The van der Waals surface area contributed by atoms with Crippen molar-refractivity contribution in [1.82, 2.24) is 10.6 Å². The van der Waals surface area contributed by atoms with Gasteiger partial charge in [0.1, 0.15) is 6.10 Å². The van der Waals surface area contributed by atoms with Gasteiger partial charge in [0, 0.05) is 12.5 Å². The van der Waals surface area contributed by atoms with Crippen LogP contribution in [0.25, 0.3) is 0 Å². The molecule has 0 heterocycles. The molecule has 2 atom stereocenters. The summed E-state index contributed by atoms with van der Waals surface area (Å²) < 4.78 is 19.1. The van der Waals surface area contributed by atoms with Crippen LogP contribution >= 0.6 is 0 Å². The molecule has 0 saturated heterocycles. The lowest BCUT2D eigenvalue weighted by Crippen LogP contribution is -2.40. The second-order valence-corrected chi connectivity index (χ2v) is 4.78. The van der Waals surface area contributed by atoms with Gasteiger partial charge in [-0.05, 0) is 25.6 Å². The predicted molar refractivity (Wildman–Crippen MR) is 77.2 cm³/mol. The largest absolute Gasteiger partial charge is 0.486 e. The van der Waals surface area contributed by atoms with Gasteiger partial charge in [-0.25, -0.2) is 4.39 Å². The molecular weight excluding hydrogens is 259 g/mol. The number of nitrogens with one attached hydrogen (secondary N) is 2. The van der Waals surface area contributed by atoms with Crippen LogP contribution in [0.1, 0.15) is 20.3 Å². The zero-order chi connectivity index (χ0) is 15.0. The van der Waals surface area contributed by atoms with Crippen LogP contribution in [0.3, 0.4) is 0 Å². The van der Waals surface area contributed by atoms with Crippen LogP contribution in [-0.2, 0) is 4.79 Å². The monoisotopic (exact) mass is 282 g/mol. The highest BCUT2D eigenvalue weighted by atomic mass is 19.1. The highest BCUT2D eigenvalue weighted by Crippen LogP contribution is 2.17. The van der Waals surface area contributed by atoms with Crippen molar-refractivity contribution < 1.29 is 13.9 Å². The Kier molecular flexibility index (Phi) is 7.01. The quantitative estimate of drug-likeness (QED) is 0.766. The number of carbonyl (C=O) groups is 1. The van der Waals surface area contributed by atoms with Crippen molar-refractivity contribution in [3.8, 4) is 5.75 Å². The molecule has 1 aromatic carbocycles. The third-order valence-electron chi connectivity index (χ3n) is 3.05. The summed E-state index contributed by atoms with van der Waals surface area (Å²) in [5.41, 5.74) is 0. The summed E-state index contributed by atoms with van der Waals surface area (Å²) in [7, 11) is 1.81. The van der Waals surface area contributed by atoms with Gasteiger partial charge in [0.15, 0.2) is 11.6 Å². The molecule has 0 aromatic heterocycles. The lowest BCUT2D eigenvalue weighted by Gasteiger charge is -2.20. The van der Waals surface area contributed by atoms with Gasteiger partial charge in [0.25, 0.3) is 0 Å². The van der Waals surface area contributed by atoms with Crippen LogP contribution < -0.4 is 15.4 Å². The van der Waals surface area contributed by atoms with E-state index in [0.717, 1.165) is 0 Å². The molecular formula is C15H23FN2O2. The first-order chi connectivity index (χ1) is 9.58. The second kappa shape index (κ2) is 8.53. The molecule has 0 aliphatic heterocycles. The molecule has 0 bridgehead atoms. The molecule has 0 saturated carbocycles. The van der Waals surface area contributed by atoms with Crippen molar-refractivity contribution in [2.75, 3.05) is 20.1 Å². The summed E-state index contributed by atoms with van der Waals surface area (Å²) >= 11 is 0. The predicted octanol–water partition coefficient (Wildman–Crippen LogP) is 1.95. The molecule has 1 rings (SSSR count). The maximum absolute atomic E-state index is 13.5. The summed E-state index contributed by atoms with van der Waals surface area (Å²) in [6.45, 7) is 4.79. The molecule has 2 N–H and O–H groups in total. The molecule has 0 fully saturated rings. The maximum atomic E-state index is 13.5. The molecule has 1 amide bonds. The molecule has 20 heavy (non-hydrogen) atoms. The zero-order valence-electron chi connectivity index (χ0n) is 12.3. The van der Waals surface area contributed by atoms with Crippen LogP contribution in [-0.4, -0.2) is 32.1 Å². The van der Waals surface area contributed by atoms with Crippen molar-refractivity contribution in [2.24, 2.45) is 5.92 Å². The first-order valence-electron chi connectivity index (χ1n) is 6.92. The molecule has 0 aliphatic rings. The molecule has 112 valence electrons. The number of ether oxygens (including phenoxy) is 1. The van der Waals surface area contributed by atoms with E-state index in [-0.39, 0.29) is 29.5 Å². The van der Waals surface area contributed by atoms with Crippen LogP contribution in [0.4, 0.5) is 4.39 Å². The Morgan fingerprint density at radius 1 is 1.35 bits per heavy atom. The van der Waals surface area contributed by atoms with E-state index >= 15 is 0 Å². The van der Waals surface area contributed by atoms with E-state index in [9.17, 15) is 9.18 Å². The Morgan fingerprint density at radius 3 is 2.65 bits per heavy atom. The van der Waals surface area contributed by atoms with E-state index in [4.69, 9.17) is 4.74 Å². The second-order valence-electron chi connectivity index (χ2n) is 4.78. The number of halogens is 1. The van der Waals surface area contributed by atoms with E-state index < -0.39 is 0 Å². The van der Waals surface area contributed by atoms with Gasteiger partial charge >= 0.3 is 0 Å². The van der Waals surface area contributed by atoms with E-state index in [2.05, 4.69) is 10.6 Å². The Balaban J connectivity index is 2.48. The van der Waals surface area contributed by atoms with Crippen LogP contribution in [0.15, 0.2) is 24.3 Å². The van der Waals surface area contributed by atoms with Crippen molar-refractivity contribution in [1.29, 1.82) is 0 Å². The number of hydrogen-bond donors (Lipinski definition) is 2. The van der Waals surface area contributed by atoms with Crippen LogP contribution in [0.5, 0.6) is 5.75 Å². The minimum Gasteiger partial charge on any atom is -0.486 e. The number of amides is 1. The molecule has 5 heteroatoms. The van der Waals surface area contributed by atoms with Gasteiger partial charge in [0.2, 0.25) is 5.91 Å². The van der Waals surface area contributed by atoms with Crippen molar-refractivity contribution in [2.45, 2.75) is 26.4 Å². The lowest BCUT2D eigenvalue weighted by atomic mass is 10.1. The third-order valence-corrected chi connectivity index (χ3v) is 3.05. The number of rotatable bonds is 8. The van der Waals surface area contributed by atoms with Crippen LogP contribution in [0, 0.1) is 11.7 Å². The summed E-state index contributed by atoms with van der Waals surface area (Å²) in [4.78, 5) is 11.8. The van der Waals surface area contributed by atoms with Crippen molar-refractivity contribution in [3.05, 3.63) is 30.1 Å². The van der Waals surface area contributed by atoms with Crippen LogP contribution in [0.2, 0.25) is 0 Å². The average molecular weight is 282 g/mol. The van der Waals surface area contributed by atoms with E-state index in [0.29, 0.717) is 19.5 Å². The van der Waals surface area contributed by atoms with Crippen molar-refractivity contribution in [3.63, 3.8) is 0 Å². The highest BCUT2D eigenvalue weighted by molar-refractivity contribution is 5.78. The van der Waals surface area contributed by atoms with Gasteiger partial charge in [0.05, 0.1) is 6.54 Å². The van der Waals surface area contributed by atoms with Gasteiger partial charge in [-0.2, -0.15) is 0 Å². The fourth-order valence-electron chi connectivity index (χ4n) is 1.78. The molecule has 1 aromatic rings. The van der Waals surface area contributed by atoms with Gasteiger partial charge in [-0.3, -0.25) is 4.79 Å². The molecule has 2 unspecified atom stereocenters. The summed E-state index contributed by atoms with van der Waals surface area (Å²) in [6.07, 6.45) is 0.451. The first kappa shape index (κ1) is 16.4. The maximum Gasteiger partial charge on any atom is 0.224 e.